The van der Waals surface area contributed by atoms with Gasteiger partial charge in [-0.3, -0.25) is 9.78 Å². The molecule has 2 rings (SSSR count). The van der Waals surface area contributed by atoms with Crippen LogP contribution in [-0.4, -0.2) is 24.0 Å². The monoisotopic (exact) mass is 219 g/mol. The molecule has 1 saturated carbocycles. The maximum absolute atomic E-state index is 11.3. The lowest BCUT2D eigenvalue weighted by Gasteiger charge is -2.06. The summed E-state index contributed by atoms with van der Waals surface area (Å²) >= 11 is 0. The van der Waals surface area contributed by atoms with Gasteiger partial charge in [0, 0.05) is 37.9 Å². The largest absolute Gasteiger partial charge is 0.355 e. The molecule has 4 nitrogen and oxygen atoms in total. The minimum absolute atomic E-state index is 0.214. The first kappa shape index (κ1) is 11.1. The zero-order valence-corrected chi connectivity index (χ0v) is 9.28. The number of rotatable bonds is 6. The van der Waals surface area contributed by atoms with E-state index in [4.69, 9.17) is 0 Å². The van der Waals surface area contributed by atoms with E-state index < -0.39 is 0 Å². The van der Waals surface area contributed by atoms with Crippen molar-refractivity contribution < 1.29 is 4.79 Å². The zero-order chi connectivity index (χ0) is 11.2. The fourth-order valence-corrected chi connectivity index (χ4v) is 1.50. The lowest BCUT2D eigenvalue weighted by atomic mass is 10.3. The Labute approximate surface area is 95.5 Å². The second-order valence-corrected chi connectivity index (χ2v) is 4.10. The summed E-state index contributed by atoms with van der Waals surface area (Å²) in [5.41, 5.74) is 1.21. The van der Waals surface area contributed by atoms with E-state index in [1.807, 2.05) is 12.1 Å². The van der Waals surface area contributed by atoms with Gasteiger partial charge < -0.3 is 10.6 Å². The summed E-state index contributed by atoms with van der Waals surface area (Å²) in [5.74, 6) is 0.519. The van der Waals surface area contributed by atoms with Crippen LogP contribution in [0.3, 0.4) is 0 Å². The van der Waals surface area contributed by atoms with Gasteiger partial charge in [-0.25, -0.2) is 0 Å². The quantitative estimate of drug-likeness (QED) is 0.692. The minimum Gasteiger partial charge on any atom is -0.355 e. The molecule has 1 aliphatic carbocycles. The Morgan fingerprint density at radius 2 is 2.06 bits per heavy atom. The fraction of sp³-hybridized carbons (Fsp3) is 0.500. The zero-order valence-electron chi connectivity index (χ0n) is 9.28. The van der Waals surface area contributed by atoms with Crippen LogP contribution >= 0.6 is 0 Å². The summed E-state index contributed by atoms with van der Waals surface area (Å²) in [7, 11) is 0. The molecule has 2 N–H and O–H groups in total. The van der Waals surface area contributed by atoms with E-state index in [-0.39, 0.29) is 5.91 Å². The first-order valence-electron chi connectivity index (χ1n) is 5.73. The summed E-state index contributed by atoms with van der Waals surface area (Å²) in [6.45, 7) is 2.34. The molecule has 0 spiro atoms. The number of carbonyl (C=O) groups is 1. The van der Waals surface area contributed by atoms with E-state index in [0.29, 0.717) is 12.5 Å². The first-order valence-corrected chi connectivity index (χ1v) is 5.73. The summed E-state index contributed by atoms with van der Waals surface area (Å²) in [6, 6.07) is 3.96. The highest BCUT2D eigenvalue weighted by Gasteiger charge is 2.28. The molecular weight excluding hydrogens is 202 g/mol. The second kappa shape index (κ2) is 5.61. The molecule has 1 fully saturated rings. The molecular formula is C12H17N3O. The topological polar surface area (TPSA) is 54.0 Å². The highest BCUT2D eigenvalue weighted by atomic mass is 16.2. The van der Waals surface area contributed by atoms with Crippen LogP contribution in [0.1, 0.15) is 18.4 Å². The summed E-state index contributed by atoms with van der Waals surface area (Å²) in [6.07, 6.45) is 5.70. The highest BCUT2D eigenvalue weighted by molar-refractivity contribution is 5.80. The third kappa shape index (κ3) is 3.62. The van der Waals surface area contributed by atoms with E-state index in [2.05, 4.69) is 15.6 Å². The van der Waals surface area contributed by atoms with Crippen molar-refractivity contribution in [2.24, 2.45) is 5.92 Å². The maximum Gasteiger partial charge on any atom is 0.223 e. The molecule has 4 heteroatoms. The Morgan fingerprint density at radius 3 is 2.75 bits per heavy atom. The Kier molecular flexibility index (Phi) is 3.88. The molecule has 0 saturated heterocycles. The predicted octanol–water partition coefficient (Wildman–Crippen LogP) is 0.697. The minimum atomic E-state index is 0.214. The molecule has 1 aromatic rings. The average molecular weight is 219 g/mol. The van der Waals surface area contributed by atoms with E-state index >= 15 is 0 Å². The summed E-state index contributed by atoms with van der Waals surface area (Å²) in [4.78, 5) is 15.2. The molecule has 0 bridgehead atoms. The van der Waals surface area contributed by atoms with Crippen LogP contribution in [0.4, 0.5) is 0 Å². The van der Waals surface area contributed by atoms with Crippen molar-refractivity contribution in [3.05, 3.63) is 30.1 Å². The Bertz CT molecular complexity index is 335. The number of hydrogen-bond acceptors (Lipinski definition) is 3. The normalized spacial score (nSPS) is 14.8. The van der Waals surface area contributed by atoms with Gasteiger partial charge in [-0.05, 0) is 30.5 Å². The Balaban J connectivity index is 1.53. The molecule has 16 heavy (non-hydrogen) atoms. The number of aromatic nitrogens is 1. The van der Waals surface area contributed by atoms with Crippen LogP contribution in [0, 0.1) is 5.92 Å². The van der Waals surface area contributed by atoms with Crippen molar-refractivity contribution in [3.63, 3.8) is 0 Å². The first-order chi connectivity index (χ1) is 7.86. The van der Waals surface area contributed by atoms with Gasteiger partial charge in [0.05, 0.1) is 0 Å². The van der Waals surface area contributed by atoms with Crippen LogP contribution in [0.15, 0.2) is 24.5 Å². The van der Waals surface area contributed by atoms with E-state index in [9.17, 15) is 4.79 Å². The number of nitrogens with one attached hydrogen (secondary N) is 2. The number of carbonyl (C=O) groups excluding carboxylic acids is 1. The van der Waals surface area contributed by atoms with Crippen molar-refractivity contribution in [3.8, 4) is 0 Å². The lowest BCUT2D eigenvalue weighted by molar-refractivity contribution is -0.122. The van der Waals surface area contributed by atoms with E-state index in [0.717, 1.165) is 25.9 Å². The second-order valence-electron chi connectivity index (χ2n) is 4.10. The average Bonchev–Trinajstić information content (AvgIpc) is 3.13. The molecule has 1 aromatic heterocycles. The SMILES string of the molecule is O=C(NCCNCc1ccncc1)C1CC1. The molecule has 1 amide bonds. The van der Waals surface area contributed by atoms with Gasteiger partial charge in [0.25, 0.3) is 0 Å². The standard InChI is InChI=1S/C12H17N3O/c16-12(11-1-2-11)15-8-7-14-9-10-3-5-13-6-4-10/h3-6,11,14H,1-2,7-9H2,(H,15,16). The van der Waals surface area contributed by atoms with Crippen LogP contribution in [0.2, 0.25) is 0 Å². The highest BCUT2D eigenvalue weighted by Crippen LogP contribution is 2.28. The maximum atomic E-state index is 11.3. The Morgan fingerprint density at radius 1 is 1.31 bits per heavy atom. The van der Waals surface area contributed by atoms with E-state index in [1.54, 1.807) is 12.4 Å². The van der Waals surface area contributed by atoms with Crippen molar-refractivity contribution in [2.45, 2.75) is 19.4 Å². The molecule has 0 radical (unpaired) electrons. The third-order valence-corrected chi connectivity index (χ3v) is 2.63. The van der Waals surface area contributed by atoms with Gasteiger partial charge >= 0.3 is 0 Å². The van der Waals surface area contributed by atoms with Gasteiger partial charge in [0.2, 0.25) is 5.91 Å². The molecule has 0 aliphatic heterocycles. The van der Waals surface area contributed by atoms with Gasteiger partial charge in [-0.1, -0.05) is 0 Å². The summed E-state index contributed by atoms with van der Waals surface area (Å²) in [5, 5.41) is 6.19. The number of pyridine rings is 1. The number of amides is 1. The van der Waals surface area contributed by atoms with Crippen molar-refractivity contribution in [2.75, 3.05) is 13.1 Å². The van der Waals surface area contributed by atoms with Gasteiger partial charge in [-0.2, -0.15) is 0 Å². The number of hydrogen-bond donors (Lipinski definition) is 2. The molecule has 0 unspecified atom stereocenters. The molecule has 0 aromatic carbocycles. The molecule has 86 valence electrons. The van der Waals surface area contributed by atoms with Crippen molar-refractivity contribution in [1.82, 2.24) is 15.6 Å². The summed E-state index contributed by atoms with van der Waals surface area (Å²) < 4.78 is 0. The van der Waals surface area contributed by atoms with Gasteiger partial charge in [-0.15, -0.1) is 0 Å². The molecule has 1 aliphatic rings. The van der Waals surface area contributed by atoms with Crippen LogP contribution in [0.5, 0.6) is 0 Å². The predicted molar refractivity (Wildman–Crippen MR) is 61.7 cm³/mol. The van der Waals surface area contributed by atoms with Gasteiger partial charge in [0.1, 0.15) is 0 Å². The fourth-order valence-electron chi connectivity index (χ4n) is 1.50. The van der Waals surface area contributed by atoms with Crippen LogP contribution < -0.4 is 10.6 Å². The molecule has 1 heterocycles. The van der Waals surface area contributed by atoms with Crippen molar-refractivity contribution >= 4 is 5.91 Å². The van der Waals surface area contributed by atoms with Crippen LogP contribution in [-0.2, 0) is 11.3 Å². The van der Waals surface area contributed by atoms with Gasteiger partial charge in [0.15, 0.2) is 0 Å². The van der Waals surface area contributed by atoms with E-state index in [1.165, 1.54) is 5.56 Å². The van der Waals surface area contributed by atoms with Crippen molar-refractivity contribution in [1.29, 1.82) is 0 Å². The third-order valence-electron chi connectivity index (χ3n) is 2.63. The number of nitrogens with zero attached hydrogens (tertiary/aromatic N) is 1. The van der Waals surface area contributed by atoms with Crippen LogP contribution in [0.25, 0.3) is 0 Å². The Hall–Kier alpha value is -1.42. The lowest BCUT2D eigenvalue weighted by Crippen LogP contribution is -2.32. The smallest absolute Gasteiger partial charge is 0.223 e. The molecule has 0 atom stereocenters.